The highest BCUT2D eigenvalue weighted by atomic mass is 32.2. The number of carbonyl (C=O) groups excluding carboxylic acids is 1. The number of carbonyl (C=O) groups is 1. The summed E-state index contributed by atoms with van der Waals surface area (Å²) in [6, 6.07) is 14.2. The topological polar surface area (TPSA) is 93.7 Å². The molecule has 0 spiro atoms. The van der Waals surface area contributed by atoms with Crippen molar-refractivity contribution >= 4 is 15.9 Å². The van der Waals surface area contributed by atoms with Gasteiger partial charge in [-0.25, -0.2) is 8.42 Å². The average molecular weight is 497 g/mol. The van der Waals surface area contributed by atoms with Crippen LogP contribution in [0.4, 0.5) is 0 Å². The Balaban J connectivity index is 1.21. The standard InChI is InChI=1S/C27H32N2O5S/c1-33-25-12-11-18(17-26(25)34-23-7-5-6-8-23)19-13-20-15-22(16-21(20)14-19)27(30)28-29-35(31,32)24-9-3-2-4-10-24/h2-4,9-12,15,17,19-21,23,29H,5-8,13-14,16H2,1H3,(H,28,30)/t19-,20+,21-/m0/s1. The summed E-state index contributed by atoms with van der Waals surface area (Å²) < 4.78 is 36.5. The maximum atomic E-state index is 12.6. The molecule has 0 aliphatic heterocycles. The van der Waals surface area contributed by atoms with Crippen molar-refractivity contribution < 1.29 is 22.7 Å². The van der Waals surface area contributed by atoms with Crippen LogP contribution in [0.2, 0.25) is 0 Å². The summed E-state index contributed by atoms with van der Waals surface area (Å²) in [7, 11) is -2.12. The number of benzene rings is 2. The van der Waals surface area contributed by atoms with Crippen LogP contribution >= 0.6 is 0 Å². The highest BCUT2D eigenvalue weighted by molar-refractivity contribution is 7.89. The smallest absolute Gasteiger partial charge is 0.261 e. The fraction of sp³-hybridized carbons (Fsp3) is 0.444. The number of allylic oxidation sites excluding steroid dienone is 1. The Bertz CT molecular complexity index is 1210. The van der Waals surface area contributed by atoms with Gasteiger partial charge in [0.25, 0.3) is 15.9 Å². The average Bonchev–Trinajstić information content (AvgIpc) is 3.60. The lowest BCUT2D eigenvalue weighted by molar-refractivity contribution is -0.118. The molecule has 5 rings (SSSR count). The van der Waals surface area contributed by atoms with Crippen LogP contribution in [0.25, 0.3) is 0 Å². The molecule has 2 saturated carbocycles. The Morgan fingerprint density at radius 3 is 2.49 bits per heavy atom. The van der Waals surface area contributed by atoms with Crippen LogP contribution in [0.1, 0.15) is 56.4 Å². The maximum absolute atomic E-state index is 12.6. The first-order chi connectivity index (χ1) is 16.9. The van der Waals surface area contributed by atoms with Crippen LogP contribution in [0.3, 0.4) is 0 Å². The number of hydrogen-bond acceptors (Lipinski definition) is 5. The maximum Gasteiger partial charge on any atom is 0.261 e. The number of hydrazine groups is 1. The molecule has 0 saturated heterocycles. The summed E-state index contributed by atoms with van der Waals surface area (Å²) in [6.45, 7) is 0. The number of ether oxygens (including phenoxy) is 2. The third-order valence-corrected chi connectivity index (χ3v) is 8.81. The van der Waals surface area contributed by atoms with Crippen molar-refractivity contribution in [2.24, 2.45) is 11.8 Å². The van der Waals surface area contributed by atoms with Gasteiger partial charge in [0.05, 0.1) is 18.1 Å². The minimum Gasteiger partial charge on any atom is -0.493 e. The van der Waals surface area contributed by atoms with Gasteiger partial charge in [-0.3, -0.25) is 10.2 Å². The summed E-state index contributed by atoms with van der Waals surface area (Å²) in [5.74, 6) is 2.32. The van der Waals surface area contributed by atoms with E-state index in [2.05, 4.69) is 22.4 Å². The van der Waals surface area contributed by atoms with Crippen LogP contribution in [0.15, 0.2) is 65.1 Å². The first-order valence-electron chi connectivity index (χ1n) is 12.4. The Morgan fingerprint density at radius 2 is 1.77 bits per heavy atom. The molecule has 0 unspecified atom stereocenters. The van der Waals surface area contributed by atoms with Crippen LogP contribution in [0, 0.1) is 11.8 Å². The molecule has 2 fully saturated rings. The second kappa shape index (κ2) is 10.0. The highest BCUT2D eigenvalue weighted by Gasteiger charge is 2.39. The van der Waals surface area contributed by atoms with Crippen molar-refractivity contribution in [3.8, 4) is 11.5 Å². The van der Waals surface area contributed by atoms with Gasteiger partial charge in [0.15, 0.2) is 11.5 Å². The number of nitrogens with one attached hydrogen (secondary N) is 2. The second-order valence-electron chi connectivity index (χ2n) is 9.80. The van der Waals surface area contributed by atoms with E-state index in [1.807, 2.05) is 12.1 Å². The van der Waals surface area contributed by atoms with E-state index in [0.717, 1.165) is 37.2 Å². The van der Waals surface area contributed by atoms with Gasteiger partial charge in [-0.1, -0.05) is 30.3 Å². The molecule has 0 bridgehead atoms. The largest absolute Gasteiger partial charge is 0.493 e. The van der Waals surface area contributed by atoms with Crippen molar-refractivity contribution in [1.82, 2.24) is 10.3 Å². The van der Waals surface area contributed by atoms with E-state index in [-0.39, 0.29) is 16.9 Å². The molecule has 7 nitrogen and oxygen atoms in total. The third kappa shape index (κ3) is 5.23. The normalized spacial score (nSPS) is 24.1. The number of sulfonamides is 1. The summed E-state index contributed by atoms with van der Waals surface area (Å²) in [5.41, 5.74) is 4.27. The molecule has 35 heavy (non-hydrogen) atoms. The van der Waals surface area contributed by atoms with Crippen LogP contribution in [-0.2, 0) is 14.8 Å². The van der Waals surface area contributed by atoms with E-state index >= 15 is 0 Å². The summed E-state index contributed by atoms with van der Waals surface area (Å²) in [5, 5.41) is 0. The molecule has 3 aliphatic rings. The lowest BCUT2D eigenvalue weighted by Crippen LogP contribution is -2.42. The molecule has 186 valence electrons. The molecule has 2 aromatic carbocycles. The van der Waals surface area contributed by atoms with Gasteiger partial charge in [0.2, 0.25) is 0 Å². The van der Waals surface area contributed by atoms with E-state index in [1.165, 1.54) is 30.5 Å². The number of hydrogen-bond donors (Lipinski definition) is 2. The first kappa shape index (κ1) is 23.9. The lowest BCUT2D eigenvalue weighted by atomic mass is 9.94. The summed E-state index contributed by atoms with van der Waals surface area (Å²) in [4.78, 5) is 15.0. The molecular formula is C27H32N2O5S. The van der Waals surface area contributed by atoms with E-state index < -0.39 is 10.0 Å². The number of methoxy groups -OCH3 is 1. The molecule has 2 N–H and O–H groups in total. The van der Waals surface area contributed by atoms with E-state index in [9.17, 15) is 13.2 Å². The molecule has 2 aromatic rings. The van der Waals surface area contributed by atoms with Crippen molar-refractivity contribution in [3.05, 3.63) is 65.7 Å². The molecule has 3 atom stereocenters. The molecular weight excluding hydrogens is 464 g/mol. The van der Waals surface area contributed by atoms with Crippen molar-refractivity contribution in [3.63, 3.8) is 0 Å². The Hall–Kier alpha value is -2.84. The minimum absolute atomic E-state index is 0.108. The lowest BCUT2D eigenvalue weighted by Gasteiger charge is -2.19. The van der Waals surface area contributed by atoms with Gasteiger partial charge in [-0.2, -0.15) is 0 Å². The van der Waals surface area contributed by atoms with E-state index in [0.29, 0.717) is 29.7 Å². The molecule has 3 aliphatic carbocycles. The summed E-state index contributed by atoms with van der Waals surface area (Å²) >= 11 is 0. The van der Waals surface area contributed by atoms with E-state index in [4.69, 9.17) is 9.47 Å². The SMILES string of the molecule is COc1ccc([C@@H]2C[C@H]3CC(C(=O)NNS(=O)(=O)c4ccccc4)=C[C@H]3C2)cc1OC1CCCC1. The van der Waals surface area contributed by atoms with Gasteiger partial charge in [0, 0.05) is 5.57 Å². The van der Waals surface area contributed by atoms with Gasteiger partial charge in [0.1, 0.15) is 0 Å². The number of rotatable bonds is 8. The molecule has 0 heterocycles. The number of fused-ring (bicyclic) bond motifs is 1. The molecule has 0 radical (unpaired) electrons. The Morgan fingerprint density at radius 1 is 1.00 bits per heavy atom. The molecule has 0 aromatic heterocycles. The molecule has 1 amide bonds. The predicted octanol–water partition coefficient (Wildman–Crippen LogP) is 4.47. The zero-order valence-electron chi connectivity index (χ0n) is 19.9. The zero-order valence-corrected chi connectivity index (χ0v) is 20.7. The van der Waals surface area contributed by atoms with Gasteiger partial charge >= 0.3 is 0 Å². The zero-order chi connectivity index (χ0) is 24.4. The second-order valence-corrected chi connectivity index (χ2v) is 11.5. The van der Waals surface area contributed by atoms with Gasteiger partial charge < -0.3 is 9.47 Å². The van der Waals surface area contributed by atoms with Gasteiger partial charge in [-0.15, -0.1) is 4.83 Å². The Kier molecular flexibility index (Phi) is 6.84. The van der Waals surface area contributed by atoms with Gasteiger partial charge in [-0.05, 0) is 92.5 Å². The fourth-order valence-corrected chi connectivity index (χ4v) is 6.58. The Labute approximate surface area is 206 Å². The fourth-order valence-electron chi connectivity index (χ4n) is 5.72. The van der Waals surface area contributed by atoms with E-state index in [1.54, 1.807) is 25.3 Å². The minimum atomic E-state index is -3.80. The highest BCUT2D eigenvalue weighted by Crippen LogP contribution is 2.50. The summed E-state index contributed by atoms with van der Waals surface area (Å²) in [6.07, 6.45) is 9.53. The van der Waals surface area contributed by atoms with Crippen molar-refractivity contribution in [1.29, 1.82) is 0 Å². The van der Waals surface area contributed by atoms with Crippen molar-refractivity contribution in [2.75, 3.05) is 7.11 Å². The third-order valence-electron chi connectivity index (χ3n) is 7.55. The van der Waals surface area contributed by atoms with Crippen LogP contribution in [-0.4, -0.2) is 27.5 Å². The van der Waals surface area contributed by atoms with Crippen molar-refractivity contribution in [2.45, 2.75) is 61.9 Å². The molecule has 8 heteroatoms. The van der Waals surface area contributed by atoms with Crippen LogP contribution < -0.4 is 19.7 Å². The quantitative estimate of drug-likeness (QED) is 0.526. The number of amides is 1. The monoisotopic (exact) mass is 496 g/mol. The van der Waals surface area contributed by atoms with Crippen LogP contribution in [0.5, 0.6) is 11.5 Å². The predicted molar refractivity (Wildman–Crippen MR) is 132 cm³/mol. The first-order valence-corrected chi connectivity index (χ1v) is 13.8.